The SMILES string of the molecule is O=C(Cc1csc(N2CCCC2=O)n1)Nc1ccc(N2CCOCC2)c(F)c1. The van der Waals surface area contributed by atoms with Gasteiger partial charge in [-0.3, -0.25) is 14.5 Å². The average Bonchev–Trinajstić information content (AvgIpc) is 3.31. The van der Waals surface area contributed by atoms with E-state index in [0.29, 0.717) is 61.5 Å². The molecule has 7 nitrogen and oxygen atoms in total. The Morgan fingerprint density at radius 3 is 2.82 bits per heavy atom. The lowest BCUT2D eigenvalue weighted by Crippen LogP contribution is -2.36. The number of amides is 2. The summed E-state index contributed by atoms with van der Waals surface area (Å²) < 4.78 is 19.7. The zero-order valence-electron chi connectivity index (χ0n) is 15.3. The molecule has 1 aromatic heterocycles. The summed E-state index contributed by atoms with van der Waals surface area (Å²) in [5.41, 5.74) is 1.52. The van der Waals surface area contributed by atoms with Crippen molar-refractivity contribution >= 4 is 39.7 Å². The van der Waals surface area contributed by atoms with Crippen LogP contribution in [0.15, 0.2) is 23.6 Å². The van der Waals surface area contributed by atoms with Crippen molar-refractivity contribution in [1.82, 2.24) is 4.98 Å². The van der Waals surface area contributed by atoms with Crippen LogP contribution in [0.25, 0.3) is 0 Å². The molecule has 2 saturated heterocycles. The lowest BCUT2D eigenvalue weighted by atomic mass is 10.2. The first-order valence-electron chi connectivity index (χ1n) is 9.27. The van der Waals surface area contributed by atoms with Crippen LogP contribution in [-0.2, 0) is 20.7 Å². The largest absolute Gasteiger partial charge is 0.378 e. The molecule has 0 spiro atoms. The summed E-state index contributed by atoms with van der Waals surface area (Å²) in [6.07, 6.45) is 1.45. The molecular weight excluding hydrogens is 383 g/mol. The highest BCUT2D eigenvalue weighted by Crippen LogP contribution is 2.26. The third kappa shape index (κ3) is 4.15. The Bertz CT molecular complexity index is 882. The van der Waals surface area contributed by atoms with Crippen LogP contribution in [0.2, 0.25) is 0 Å². The Morgan fingerprint density at radius 1 is 1.29 bits per heavy atom. The fourth-order valence-electron chi connectivity index (χ4n) is 3.37. The number of ether oxygens (including phenoxy) is 1. The van der Waals surface area contributed by atoms with Crippen molar-refractivity contribution < 1.29 is 18.7 Å². The van der Waals surface area contributed by atoms with Gasteiger partial charge >= 0.3 is 0 Å². The number of hydrogen-bond acceptors (Lipinski definition) is 6. The summed E-state index contributed by atoms with van der Waals surface area (Å²) in [5, 5.41) is 5.12. The monoisotopic (exact) mass is 404 g/mol. The average molecular weight is 404 g/mol. The van der Waals surface area contributed by atoms with E-state index in [1.54, 1.807) is 22.4 Å². The minimum atomic E-state index is -0.372. The van der Waals surface area contributed by atoms with Gasteiger partial charge in [-0.05, 0) is 24.6 Å². The van der Waals surface area contributed by atoms with E-state index in [1.807, 2.05) is 4.90 Å². The fourth-order valence-corrected chi connectivity index (χ4v) is 4.23. The van der Waals surface area contributed by atoms with Crippen LogP contribution in [-0.4, -0.2) is 49.6 Å². The summed E-state index contributed by atoms with van der Waals surface area (Å²) in [6.45, 7) is 3.13. The third-order valence-electron chi connectivity index (χ3n) is 4.77. The molecule has 3 heterocycles. The maximum Gasteiger partial charge on any atom is 0.230 e. The van der Waals surface area contributed by atoms with Crippen molar-refractivity contribution in [2.24, 2.45) is 0 Å². The topological polar surface area (TPSA) is 74.8 Å². The molecule has 28 heavy (non-hydrogen) atoms. The van der Waals surface area contributed by atoms with Crippen LogP contribution in [0.4, 0.5) is 20.9 Å². The minimum Gasteiger partial charge on any atom is -0.378 e. The first kappa shape index (κ1) is 18.8. The van der Waals surface area contributed by atoms with Gasteiger partial charge in [0.25, 0.3) is 0 Å². The second kappa shape index (κ2) is 8.24. The predicted octanol–water partition coefficient (Wildman–Crippen LogP) is 2.43. The molecule has 0 bridgehead atoms. The molecule has 0 unspecified atom stereocenters. The number of halogens is 1. The van der Waals surface area contributed by atoms with E-state index in [9.17, 15) is 14.0 Å². The van der Waals surface area contributed by atoms with E-state index in [4.69, 9.17) is 4.74 Å². The smallest absolute Gasteiger partial charge is 0.230 e. The van der Waals surface area contributed by atoms with Gasteiger partial charge in [-0.25, -0.2) is 9.37 Å². The number of rotatable bonds is 5. The molecule has 2 aliphatic heterocycles. The Balaban J connectivity index is 1.36. The van der Waals surface area contributed by atoms with Crippen LogP contribution in [0.1, 0.15) is 18.5 Å². The fraction of sp³-hybridized carbons (Fsp3) is 0.421. The number of carbonyl (C=O) groups is 2. The number of benzene rings is 1. The Kier molecular flexibility index (Phi) is 5.54. The number of carbonyl (C=O) groups excluding carboxylic acids is 2. The molecule has 4 rings (SSSR count). The summed E-state index contributed by atoms with van der Waals surface area (Å²) >= 11 is 1.36. The number of nitrogens with zero attached hydrogens (tertiary/aromatic N) is 3. The van der Waals surface area contributed by atoms with E-state index in [2.05, 4.69) is 10.3 Å². The van der Waals surface area contributed by atoms with E-state index < -0.39 is 0 Å². The van der Waals surface area contributed by atoms with E-state index in [1.165, 1.54) is 17.4 Å². The van der Waals surface area contributed by atoms with Gasteiger partial charge in [0, 0.05) is 37.1 Å². The number of thiazole rings is 1. The predicted molar refractivity (Wildman–Crippen MR) is 105 cm³/mol. The molecule has 148 valence electrons. The van der Waals surface area contributed by atoms with Gasteiger partial charge in [0.05, 0.1) is 31.0 Å². The van der Waals surface area contributed by atoms with Crippen molar-refractivity contribution in [3.63, 3.8) is 0 Å². The number of aromatic nitrogens is 1. The molecule has 2 aliphatic rings. The van der Waals surface area contributed by atoms with Gasteiger partial charge in [-0.1, -0.05) is 0 Å². The van der Waals surface area contributed by atoms with E-state index >= 15 is 0 Å². The van der Waals surface area contributed by atoms with Gasteiger partial charge in [-0.2, -0.15) is 0 Å². The van der Waals surface area contributed by atoms with Crippen molar-refractivity contribution in [2.75, 3.05) is 48.0 Å². The van der Waals surface area contributed by atoms with Crippen LogP contribution >= 0.6 is 11.3 Å². The van der Waals surface area contributed by atoms with Gasteiger partial charge in [0.1, 0.15) is 5.82 Å². The highest BCUT2D eigenvalue weighted by atomic mass is 32.1. The zero-order valence-corrected chi connectivity index (χ0v) is 16.1. The maximum atomic E-state index is 14.4. The second-order valence-corrected chi connectivity index (χ2v) is 7.60. The molecule has 0 radical (unpaired) electrons. The van der Waals surface area contributed by atoms with Crippen LogP contribution in [0.5, 0.6) is 0 Å². The molecule has 1 N–H and O–H groups in total. The Labute approximate surface area is 166 Å². The van der Waals surface area contributed by atoms with Crippen molar-refractivity contribution in [1.29, 1.82) is 0 Å². The normalized spacial score (nSPS) is 17.2. The maximum absolute atomic E-state index is 14.4. The van der Waals surface area contributed by atoms with Gasteiger partial charge in [0.2, 0.25) is 11.8 Å². The summed E-state index contributed by atoms with van der Waals surface area (Å²) in [7, 11) is 0. The molecule has 1 aromatic carbocycles. The standard InChI is InChI=1S/C19H21FN4O3S/c20-15-10-13(3-4-16(15)23-6-8-27-9-7-23)21-17(25)11-14-12-28-19(22-14)24-5-1-2-18(24)26/h3-4,10,12H,1-2,5-9,11H2,(H,21,25). The molecule has 2 aromatic rings. The first-order valence-corrected chi connectivity index (χ1v) is 10.1. The molecule has 0 saturated carbocycles. The van der Waals surface area contributed by atoms with E-state index in [0.717, 1.165) is 6.42 Å². The van der Waals surface area contributed by atoms with Gasteiger partial charge in [0.15, 0.2) is 5.13 Å². The number of nitrogens with one attached hydrogen (secondary N) is 1. The number of morpholine rings is 1. The second-order valence-electron chi connectivity index (χ2n) is 6.76. The van der Waals surface area contributed by atoms with Gasteiger partial charge in [-0.15, -0.1) is 11.3 Å². The summed E-state index contributed by atoms with van der Waals surface area (Å²) in [6, 6.07) is 4.70. The zero-order chi connectivity index (χ0) is 19.5. The number of hydrogen-bond donors (Lipinski definition) is 1. The molecule has 0 atom stereocenters. The summed E-state index contributed by atoms with van der Waals surface area (Å²) in [5.74, 6) is -0.576. The quantitative estimate of drug-likeness (QED) is 0.829. The Hall–Kier alpha value is -2.52. The van der Waals surface area contributed by atoms with Crippen LogP contribution < -0.4 is 15.1 Å². The molecule has 2 amide bonds. The molecule has 0 aliphatic carbocycles. The van der Waals surface area contributed by atoms with Crippen molar-refractivity contribution in [3.8, 4) is 0 Å². The van der Waals surface area contributed by atoms with Crippen LogP contribution in [0, 0.1) is 5.82 Å². The highest BCUT2D eigenvalue weighted by Gasteiger charge is 2.24. The molecule has 9 heteroatoms. The highest BCUT2D eigenvalue weighted by molar-refractivity contribution is 7.14. The van der Waals surface area contributed by atoms with Crippen molar-refractivity contribution in [2.45, 2.75) is 19.3 Å². The van der Waals surface area contributed by atoms with Crippen LogP contribution in [0.3, 0.4) is 0 Å². The molecular formula is C19H21FN4O3S. The lowest BCUT2D eigenvalue weighted by Gasteiger charge is -2.29. The third-order valence-corrected chi connectivity index (χ3v) is 5.68. The number of anilines is 3. The van der Waals surface area contributed by atoms with Gasteiger partial charge < -0.3 is 15.0 Å². The van der Waals surface area contributed by atoms with E-state index in [-0.39, 0.29) is 24.1 Å². The summed E-state index contributed by atoms with van der Waals surface area (Å²) in [4.78, 5) is 32.1. The Morgan fingerprint density at radius 2 is 2.11 bits per heavy atom. The minimum absolute atomic E-state index is 0.0705. The first-order chi connectivity index (χ1) is 13.6. The lowest BCUT2D eigenvalue weighted by molar-refractivity contribution is -0.117. The van der Waals surface area contributed by atoms with Crippen molar-refractivity contribution in [3.05, 3.63) is 35.1 Å². The molecule has 2 fully saturated rings.